The van der Waals surface area contributed by atoms with Gasteiger partial charge in [-0.25, -0.2) is 4.79 Å². The molecule has 0 heterocycles. The molecule has 1 aliphatic rings. The van der Waals surface area contributed by atoms with Gasteiger partial charge in [0, 0.05) is 16.7 Å². The third-order valence-corrected chi connectivity index (χ3v) is 6.29. The zero-order valence-electron chi connectivity index (χ0n) is 20.7. The van der Waals surface area contributed by atoms with Crippen molar-refractivity contribution in [2.24, 2.45) is 0 Å². The highest BCUT2D eigenvalue weighted by Gasteiger charge is 2.39. The molecule has 3 aromatic carbocycles. The minimum Gasteiger partial charge on any atom is -0.462 e. The van der Waals surface area contributed by atoms with Gasteiger partial charge in [0.2, 0.25) is 0 Å². The zero-order chi connectivity index (χ0) is 25.3. The second-order valence-corrected chi connectivity index (χ2v) is 8.88. The second kappa shape index (κ2) is 9.56. The molecular weight excluding hydrogens is 434 g/mol. The Morgan fingerprint density at radius 2 is 1.34 bits per heavy atom. The lowest BCUT2D eigenvalue weighted by molar-refractivity contribution is -0.138. The van der Waals surface area contributed by atoms with E-state index in [1.807, 2.05) is 58.0 Å². The van der Waals surface area contributed by atoms with Crippen molar-refractivity contribution in [3.63, 3.8) is 0 Å². The number of allylic oxidation sites excluding steroid dienone is 2. The molecule has 0 saturated carbocycles. The van der Waals surface area contributed by atoms with E-state index in [2.05, 4.69) is 12.1 Å². The summed E-state index contributed by atoms with van der Waals surface area (Å²) in [5.74, 6) is -0.755. The van der Waals surface area contributed by atoms with Gasteiger partial charge in [0.25, 0.3) is 0 Å². The van der Waals surface area contributed by atoms with E-state index >= 15 is 0 Å². The van der Waals surface area contributed by atoms with E-state index in [0.29, 0.717) is 27.8 Å². The van der Waals surface area contributed by atoms with Crippen LogP contribution in [0.3, 0.4) is 0 Å². The molecule has 0 radical (unpaired) electrons. The Morgan fingerprint density at radius 1 is 0.800 bits per heavy atom. The quantitative estimate of drug-likeness (QED) is 0.418. The van der Waals surface area contributed by atoms with Gasteiger partial charge in [0.15, 0.2) is 5.78 Å². The molecule has 4 heteroatoms. The fourth-order valence-electron chi connectivity index (χ4n) is 4.71. The number of ketones is 1. The Labute approximate surface area is 206 Å². The van der Waals surface area contributed by atoms with Gasteiger partial charge in [-0.15, -0.1) is 0 Å². The Hall–Kier alpha value is -4.23. The number of benzene rings is 3. The summed E-state index contributed by atoms with van der Waals surface area (Å²) in [5, 5.41) is 9.23. The van der Waals surface area contributed by atoms with Crippen molar-refractivity contribution in [1.82, 2.24) is 0 Å². The molecule has 3 aromatic rings. The lowest BCUT2D eigenvalue weighted by Crippen LogP contribution is -2.11. The van der Waals surface area contributed by atoms with Crippen molar-refractivity contribution in [3.8, 4) is 6.07 Å². The SMILES string of the molecule is CCOC(=O)C1=C(c2ccc(C#N)cc2)C(=O)C(c2ccc(C)cc2C)=C1c1ccc(C)cc1C. The molecule has 0 aromatic heterocycles. The smallest absolute Gasteiger partial charge is 0.339 e. The van der Waals surface area contributed by atoms with Crippen LogP contribution in [-0.4, -0.2) is 18.4 Å². The Balaban J connectivity index is 2.10. The zero-order valence-corrected chi connectivity index (χ0v) is 20.7. The van der Waals surface area contributed by atoms with Crippen LogP contribution in [0.1, 0.15) is 51.4 Å². The monoisotopic (exact) mass is 461 g/mol. The molecule has 0 bridgehead atoms. The summed E-state index contributed by atoms with van der Waals surface area (Å²) in [6.45, 7) is 9.93. The molecule has 0 atom stereocenters. The minimum absolute atomic E-state index is 0.191. The normalized spacial score (nSPS) is 13.3. The van der Waals surface area contributed by atoms with Gasteiger partial charge in [0.05, 0.1) is 23.8 Å². The maximum Gasteiger partial charge on any atom is 0.339 e. The largest absolute Gasteiger partial charge is 0.462 e. The second-order valence-electron chi connectivity index (χ2n) is 8.88. The first-order valence-corrected chi connectivity index (χ1v) is 11.6. The van der Waals surface area contributed by atoms with Crippen molar-refractivity contribution >= 4 is 28.5 Å². The number of hydrogen-bond donors (Lipinski definition) is 0. The van der Waals surface area contributed by atoms with Crippen molar-refractivity contribution in [1.29, 1.82) is 5.26 Å². The molecule has 0 amide bonds. The van der Waals surface area contributed by atoms with Crippen LogP contribution in [0.15, 0.2) is 66.2 Å². The van der Waals surface area contributed by atoms with Gasteiger partial charge in [-0.05, 0) is 74.6 Å². The number of ether oxygens (including phenoxy) is 1. The van der Waals surface area contributed by atoms with E-state index < -0.39 is 5.97 Å². The first kappa shape index (κ1) is 23.9. The molecule has 4 rings (SSSR count). The van der Waals surface area contributed by atoms with E-state index in [-0.39, 0.29) is 18.0 Å². The van der Waals surface area contributed by atoms with Crippen LogP contribution in [0, 0.1) is 39.0 Å². The number of nitriles is 1. The molecule has 0 N–H and O–H groups in total. The standard InChI is InChI=1S/C31H27NO3/c1-6-35-31(34)29-26(23-11-9-22(17-32)10-12-23)30(33)28(25-14-8-19(3)16-21(25)5)27(29)24-13-7-18(2)15-20(24)4/h7-16H,6H2,1-5H3. The maximum absolute atomic E-state index is 14.2. The summed E-state index contributed by atoms with van der Waals surface area (Å²) in [4.78, 5) is 27.6. The fourth-order valence-corrected chi connectivity index (χ4v) is 4.71. The highest BCUT2D eigenvalue weighted by Crippen LogP contribution is 2.47. The summed E-state index contributed by atoms with van der Waals surface area (Å²) in [6, 6.07) is 20.8. The van der Waals surface area contributed by atoms with E-state index in [0.717, 1.165) is 33.4 Å². The van der Waals surface area contributed by atoms with Crippen LogP contribution in [0.25, 0.3) is 16.7 Å². The Kier molecular flexibility index (Phi) is 6.53. The number of nitrogens with zero attached hydrogens (tertiary/aromatic N) is 1. The highest BCUT2D eigenvalue weighted by atomic mass is 16.5. The van der Waals surface area contributed by atoms with Crippen LogP contribution >= 0.6 is 0 Å². The predicted molar refractivity (Wildman–Crippen MR) is 138 cm³/mol. The van der Waals surface area contributed by atoms with Crippen LogP contribution in [0.2, 0.25) is 0 Å². The van der Waals surface area contributed by atoms with Gasteiger partial charge >= 0.3 is 5.97 Å². The lowest BCUT2D eigenvalue weighted by Gasteiger charge is -2.15. The highest BCUT2D eigenvalue weighted by molar-refractivity contribution is 6.55. The molecular formula is C31H27NO3. The molecule has 0 fully saturated rings. The third-order valence-electron chi connectivity index (χ3n) is 6.29. The van der Waals surface area contributed by atoms with Gasteiger partial charge in [0.1, 0.15) is 0 Å². The topological polar surface area (TPSA) is 67.2 Å². The van der Waals surface area contributed by atoms with E-state index in [9.17, 15) is 14.9 Å². The van der Waals surface area contributed by atoms with Crippen molar-refractivity contribution in [2.75, 3.05) is 6.61 Å². The summed E-state index contributed by atoms with van der Waals surface area (Å²) >= 11 is 0. The summed E-state index contributed by atoms with van der Waals surface area (Å²) in [7, 11) is 0. The molecule has 0 aliphatic heterocycles. The number of hydrogen-bond acceptors (Lipinski definition) is 4. The summed E-state index contributed by atoms with van der Waals surface area (Å²) < 4.78 is 5.48. The van der Waals surface area contributed by atoms with Gasteiger partial charge in [-0.2, -0.15) is 5.26 Å². The predicted octanol–water partition coefficient (Wildman–Crippen LogP) is 6.30. The van der Waals surface area contributed by atoms with Crippen molar-refractivity contribution in [3.05, 3.63) is 111 Å². The number of Topliss-reactive ketones (excluding diaryl/α,β-unsaturated/α-hetero) is 1. The number of carbonyl (C=O) groups is 2. The number of carbonyl (C=O) groups excluding carboxylic acids is 2. The Morgan fingerprint density at radius 3 is 1.83 bits per heavy atom. The Bertz CT molecular complexity index is 1460. The first-order valence-electron chi connectivity index (χ1n) is 11.6. The lowest BCUT2D eigenvalue weighted by atomic mass is 9.88. The van der Waals surface area contributed by atoms with E-state index in [4.69, 9.17) is 4.74 Å². The molecule has 0 spiro atoms. The number of esters is 1. The maximum atomic E-state index is 14.2. The van der Waals surface area contributed by atoms with Gasteiger partial charge < -0.3 is 4.74 Å². The summed E-state index contributed by atoms with van der Waals surface area (Å²) in [6.07, 6.45) is 0. The number of aryl methyl sites for hydroxylation is 4. The molecule has 0 unspecified atom stereocenters. The van der Waals surface area contributed by atoms with Crippen LogP contribution in [0.5, 0.6) is 0 Å². The molecule has 35 heavy (non-hydrogen) atoms. The average molecular weight is 462 g/mol. The first-order chi connectivity index (χ1) is 16.8. The van der Waals surface area contributed by atoms with Crippen molar-refractivity contribution < 1.29 is 14.3 Å². The molecule has 4 nitrogen and oxygen atoms in total. The van der Waals surface area contributed by atoms with Crippen molar-refractivity contribution in [2.45, 2.75) is 34.6 Å². The third kappa shape index (κ3) is 4.34. The molecule has 174 valence electrons. The van der Waals surface area contributed by atoms with Crippen LogP contribution in [0.4, 0.5) is 0 Å². The molecule has 1 aliphatic carbocycles. The average Bonchev–Trinajstić information content (AvgIpc) is 3.12. The van der Waals surface area contributed by atoms with E-state index in [1.165, 1.54) is 0 Å². The van der Waals surface area contributed by atoms with E-state index in [1.54, 1.807) is 31.2 Å². The number of rotatable bonds is 5. The van der Waals surface area contributed by atoms with Gasteiger partial charge in [-0.1, -0.05) is 59.7 Å². The van der Waals surface area contributed by atoms with Gasteiger partial charge in [-0.3, -0.25) is 4.79 Å². The molecule has 0 saturated heterocycles. The van der Waals surface area contributed by atoms with Crippen LogP contribution in [-0.2, 0) is 14.3 Å². The summed E-state index contributed by atoms with van der Waals surface area (Å²) in [5.41, 5.74) is 8.46. The minimum atomic E-state index is -0.532. The van der Waals surface area contributed by atoms with Crippen LogP contribution < -0.4 is 0 Å². The fraction of sp³-hybridized carbons (Fsp3) is 0.194.